The molecule has 1 saturated carbocycles. The van der Waals surface area contributed by atoms with Crippen LogP contribution in [-0.4, -0.2) is 17.5 Å². The van der Waals surface area contributed by atoms with Crippen molar-refractivity contribution in [1.82, 2.24) is 0 Å². The fourth-order valence-corrected chi connectivity index (χ4v) is 3.29. The molecule has 2 heteroatoms. The van der Waals surface area contributed by atoms with Crippen LogP contribution in [0, 0.1) is 5.41 Å². The van der Waals surface area contributed by atoms with E-state index in [-0.39, 0.29) is 0 Å². The minimum atomic E-state index is 0.524. The van der Waals surface area contributed by atoms with E-state index in [1.54, 1.807) is 0 Å². The Labute approximate surface area is 66.7 Å². The molecule has 2 N–H and O–H groups in total. The van der Waals surface area contributed by atoms with Crippen LogP contribution in [0.1, 0.15) is 25.7 Å². The van der Waals surface area contributed by atoms with Crippen LogP contribution in [-0.2, 0) is 0 Å². The van der Waals surface area contributed by atoms with E-state index in [9.17, 15) is 0 Å². The lowest BCUT2D eigenvalue weighted by Gasteiger charge is -2.45. The SMILES string of the molecule is NC1CCC2(CC1)CSC2. The highest BCUT2D eigenvalue weighted by Crippen LogP contribution is 2.48. The van der Waals surface area contributed by atoms with Gasteiger partial charge in [0.2, 0.25) is 0 Å². The van der Waals surface area contributed by atoms with Crippen LogP contribution in [0.25, 0.3) is 0 Å². The molecule has 0 amide bonds. The molecule has 1 spiro atoms. The minimum absolute atomic E-state index is 0.524. The number of thioether (sulfide) groups is 1. The van der Waals surface area contributed by atoms with Gasteiger partial charge < -0.3 is 5.73 Å². The Bertz CT molecular complexity index is 121. The van der Waals surface area contributed by atoms with Gasteiger partial charge in [-0.25, -0.2) is 0 Å². The molecule has 1 nitrogen and oxygen atoms in total. The normalized spacial score (nSPS) is 32.1. The van der Waals surface area contributed by atoms with Gasteiger partial charge in [0.05, 0.1) is 0 Å². The maximum absolute atomic E-state index is 5.83. The highest BCUT2D eigenvalue weighted by atomic mass is 32.2. The van der Waals surface area contributed by atoms with E-state index in [0.717, 1.165) is 5.41 Å². The lowest BCUT2D eigenvalue weighted by molar-refractivity contribution is 0.223. The van der Waals surface area contributed by atoms with Gasteiger partial charge in [0.15, 0.2) is 0 Å². The van der Waals surface area contributed by atoms with Crippen molar-refractivity contribution >= 4 is 11.8 Å². The van der Waals surface area contributed by atoms with Crippen molar-refractivity contribution < 1.29 is 0 Å². The van der Waals surface area contributed by atoms with Crippen LogP contribution in [0.2, 0.25) is 0 Å². The van der Waals surface area contributed by atoms with Crippen LogP contribution in [0.15, 0.2) is 0 Å². The third-order valence-electron chi connectivity index (χ3n) is 2.91. The number of nitrogens with two attached hydrogens (primary N) is 1. The summed E-state index contributed by atoms with van der Waals surface area (Å²) in [5.41, 5.74) is 6.59. The molecule has 1 saturated heterocycles. The van der Waals surface area contributed by atoms with Crippen LogP contribution in [0.5, 0.6) is 0 Å². The Morgan fingerprint density at radius 2 is 1.80 bits per heavy atom. The summed E-state index contributed by atoms with van der Waals surface area (Å²) in [7, 11) is 0. The molecule has 0 aromatic rings. The van der Waals surface area contributed by atoms with Crippen molar-refractivity contribution in [2.75, 3.05) is 11.5 Å². The maximum atomic E-state index is 5.83. The van der Waals surface area contributed by atoms with Crippen molar-refractivity contribution in [3.8, 4) is 0 Å². The fraction of sp³-hybridized carbons (Fsp3) is 1.00. The van der Waals surface area contributed by atoms with E-state index < -0.39 is 0 Å². The average molecular weight is 157 g/mol. The fourth-order valence-electron chi connectivity index (χ4n) is 1.93. The molecule has 0 atom stereocenters. The number of hydrogen-bond acceptors (Lipinski definition) is 2. The van der Waals surface area contributed by atoms with Gasteiger partial charge in [-0.15, -0.1) is 0 Å². The van der Waals surface area contributed by atoms with Crippen LogP contribution >= 0.6 is 11.8 Å². The zero-order valence-corrected chi connectivity index (χ0v) is 7.12. The molecule has 10 heavy (non-hydrogen) atoms. The lowest BCUT2D eigenvalue weighted by atomic mass is 9.75. The highest BCUT2D eigenvalue weighted by Gasteiger charge is 2.39. The van der Waals surface area contributed by atoms with Crippen LogP contribution < -0.4 is 5.73 Å². The molecule has 0 unspecified atom stereocenters. The molecular weight excluding hydrogens is 142 g/mol. The van der Waals surface area contributed by atoms with Crippen molar-refractivity contribution in [2.45, 2.75) is 31.7 Å². The van der Waals surface area contributed by atoms with E-state index in [1.807, 2.05) is 0 Å². The second kappa shape index (κ2) is 2.42. The Kier molecular flexibility index (Phi) is 1.69. The third-order valence-corrected chi connectivity index (χ3v) is 4.54. The van der Waals surface area contributed by atoms with Crippen molar-refractivity contribution in [3.05, 3.63) is 0 Å². The molecule has 2 rings (SSSR count). The molecule has 1 aliphatic heterocycles. The molecule has 0 radical (unpaired) electrons. The summed E-state index contributed by atoms with van der Waals surface area (Å²) in [6.45, 7) is 0. The van der Waals surface area contributed by atoms with Crippen LogP contribution in [0.4, 0.5) is 0 Å². The summed E-state index contributed by atoms with van der Waals surface area (Å²) in [5, 5.41) is 0. The lowest BCUT2D eigenvalue weighted by Crippen LogP contribution is -2.42. The summed E-state index contributed by atoms with van der Waals surface area (Å²) >= 11 is 2.10. The van der Waals surface area contributed by atoms with Crippen molar-refractivity contribution in [1.29, 1.82) is 0 Å². The summed E-state index contributed by atoms with van der Waals surface area (Å²) in [6, 6.07) is 0.524. The summed E-state index contributed by atoms with van der Waals surface area (Å²) in [5.74, 6) is 2.83. The maximum Gasteiger partial charge on any atom is 0.00392 e. The molecule has 0 aromatic carbocycles. The van der Waals surface area contributed by atoms with Gasteiger partial charge >= 0.3 is 0 Å². The molecular formula is C8H15NS. The van der Waals surface area contributed by atoms with E-state index in [0.29, 0.717) is 6.04 Å². The zero-order chi connectivity index (χ0) is 7.03. The Hall–Kier alpha value is 0.310. The first-order chi connectivity index (χ1) is 4.81. The van der Waals surface area contributed by atoms with Crippen LogP contribution in [0.3, 0.4) is 0 Å². The minimum Gasteiger partial charge on any atom is -0.328 e. The van der Waals surface area contributed by atoms with Crippen molar-refractivity contribution in [3.63, 3.8) is 0 Å². The standard InChI is InChI=1S/C8H15NS/c9-7-1-3-8(4-2-7)5-10-6-8/h7H,1-6,9H2. The second-order valence-electron chi connectivity index (χ2n) is 3.83. The third kappa shape index (κ3) is 1.08. The highest BCUT2D eigenvalue weighted by molar-refractivity contribution is 8.00. The zero-order valence-electron chi connectivity index (χ0n) is 6.31. The quantitative estimate of drug-likeness (QED) is 0.578. The number of rotatable bonds is 0. The van der Waals surface area contributed by atoms with Gasteiger partial charge in [-0.05, 0) is 42.6 Å². The Morgan fingerprint density at radius 1 is 1.20 bits per heavy atom. The molecule has 1 aliphatic carbocycles. The van der Waals surface area contributed by atoms with Gasteiger partial charge in [0.25, 0.3) is 0 Å². The van der Waals surface area contributed by atoms with Crippen molar-refractivity contribution in [2.24, 2.45) is 11.1 Å². The van der Waals surface area contributed by atoms with E-state index >= 15 is 0 Å². The molecule has 0 bridgehead atoms. The summed E-state index contributed by atoms with van der Waals surface area (Å²) in [6.07, 6.45) is 5.36. The van der Waals surface area contributed by atoms with E-state index in [4.69, 9.17) is 5.73 Å². The molecule has 1 heterocycles. The topological polar surface area (TPSA) is 26.0 Å². The predicted octanol–water partition coefficient (Wildman–Crippen LogP) is 1.62. The second-order valence-corrected chi connectivity index (χ2v) is 4.82. The van der Waals surface area contributed by atoms with Gasteiger partial charge in [-0.1, -0.05) is 0 Å². The average Bonchev–Trinajstić information content (AvgIpc) is 1.86. The first-order valence-corrected chi connectivity index (χ1v) is 5.30. The Morgan fingerprint density at radius 3 is 2.20 bits per heavy atom. The smallest absolute Gasteiger partial charge is 0.00392 e. The largest absolute Gasteiger partial charge is 0.328 e. The first kappa shape index (κ1) is 6.99. The van der Waals surface area contributed by atoms with Gasteiger partial charge in [0, 0.05) is 6.04 Å². The molecule has 58 valence electrons. The van der Waals surface area contributed by atoms with E-state index in [2.05, 4.69) is 11.8 Å². The first-order valence-electron chi connectivity index (χ1n) is 4.14. The summed E-state index contributed by atoms with van der Waals surface area (Å²) in [4.78, 5) is 0. The number of hydrogen-bond donors (Lipinski definition) is 1. The predicted molar refractivity (Wildman–Crippen MR) is 46.2 cm³/mol. The van der Waals surface area contributed by atoms with Gasteiger partial charge in [0.1, 0.15) is 0 Å². The van der Waals surface area contributed by atoms with E-state index in [1.165, 1.54) is 37.2 Å². The molecule has 2 fully saturated rings. The monoisotopic (exact) mass is 157 g/mol. The Balaban J connectivity index is 1.90. The molecule has 0 aromatic heterocycles. The molecule has 2 aliphatic rings. The van der Waals surface area contributed by atoms with Gasteiger partial charge in [-0.2, -0.15) is 11.8 Å². The summed E-state index contributed by atoms with van der Waals surface area (Å²) < 4.78 is 0. The van der Waals surface area contributed by atoms with Gasteiger partial charge in [-0.3, -0.25) is 0 Å².